The highest BCUT2D eigenvalue weighted by atomic mass is 79.9. The molecule has 1 atom stereocenters. The molecular weight excluding hydrogens is 637 g/mol. The molecule has 0 aliphatic carbocycles. The van der Waals surface area contributed by atoms with E-state index >= 15 is 0 Å². The largest absolute Gasteiger partial charge is 0.354 e. The zero-order valence-corrected chi connectivity index (χ0v) is 26.2. The molecule has 3 rings (SSSR count). The van der Waals surface area contributed by atoms with Gasteiger partial charge in [0.25, 0.3) is 0 Å². The van der Waals surface area contributed by atoms with Gasteiger partial charge in [0.1, 0.15) is 12.6 Å². The first-order valence-electron chi connectivity index (χ1n) is 12.8. The van der Waals surface area contributed by atoms with Crippen molar-refractivity contribution in [3.05, 3.63) is 98.4 Å². The van der Waals surface area contributed by atoms with Crippen molar-refractivity contribution >= 4 is 66.7 Å². The van der Waals surface area contributed by atoms with Crippen LogP contribution in [0.2, 0.25) is 10.0 Å². The van der Waals surface area contributed by atoms with E-state index in [1.807, 2.05) is 61.5 Å². The van der Waals surface area contributed by atoms with Crippen molar-refractivity contribution in [1.29, 1.82) is 0 Å². The van der Waals surface area contributed by atoms with Gasteiger partial charge in [-0.2, -0.15) is 0 Å². The molecule has 0 radical (unpaired) electrons. The molecule has 0 aliphatic rings. The van der Waals surface area contributed by atoms with E-state index in [0.29, 0.717) is 6.54 Å². The van der Waals surface area contributed by atoms with E-state index in [0.717, 1.165) is 39.0 Å². The number of benzene rings is 3. The summed E-state index contributed by atoms with van der Waals surface area (Å²) >= 11 is 15.9. The van der Waals surface area contributed by atoms with Crippen LogP contribution in [0.1, 0.15) is 30.9 Å². The average Bonchev–Trinajstić information content (AvgIpc) is 2.91. The Balaban J connectivity index is 2.05. The van der Waals surface area contributed by atoms with Crippen LogP contribution in [0.4, 0.5) is 5.69 Å². The summed E-state index contributed by atoms with van der Waals surface area (Å²) in [6.45, 7) is 2.01. The fourth-order valence-electron chi connectivity index (χ4n) is 4.12. The second-order valence-corrected chi connectivity index (χ2v) is 13.0. The van der Waals surface area contributed by atoms with Crippen LogP contribution in [0.15, 0.2) is 77.3 Å². The van der Waals surface area contributed by atoms with Crippen molar-refractivity contribution in [3.63, 3.8) is 0 Å². The van der Waals surface area contributed by atoms with Crippen molar-refractivity contribution in [2.75, 3.05) is 23.7 Å². The Morgan fingerprint density at radius 2 is 1.65 bits per heavy atom. The van der Waals surface area contributed by atoms with E-state index in [9.17, 15) is 18.0 Å². The van der Waals surface area contributed by atoms with Crippen molar-refractivity contribution in [2.24, 2.45) is 0 Å². The molecule has 0 saturated heterocycles. The first-order valence-corrected chi connectivity index (χ1v) is 16.2. The fourth-order valence-corrected chi connectivity index (χ4v) is 5.67. The van der Waals surface area contributed by atoms with E-state index in [1.54, 1.807) is 0 Å². The van der Waals surface area contributed by atoms with E-state index in [4.69, 9.17) is 23.2 Å². The molecule has 1 unspecified atom stereocenters. The Hall–Kier alpha value is -2.59. The molecule has 0 saturated carbocycles. The van der Waals surface area contributed by atoms with Crippen LogP contribution >= 0.6 is 39.1 Å². The quantitative estimate of drug-likeness (QED) is 0.224. The summed E-state index contributed by atoms with van der Waals surface area (Å²) in [5.41, 5.74) is 1.73. The van der Waals surface area contributed by atoms with Crippen LogP contribution in [0.5, 0.6) is 0 Å². The minimum atomic E-state index is -3.95. The molecule has 2 amide bonds. The lowest BCUT2D eigenvalue weighted by Gasteiger charge is -2.33. The number of anilines is 1. The lowest BCUT2D eigenvalue weighted by molar-refractivity contribution is -0.140. The molecule has 0 bridgehead atoms. The number of halogens is 3. The van der Waals surface area contributed by atoms with Gasteiger partial charge >= 0.3 is 0 Å². The molecule has 1 N–H and O–H groups in total. The summed E-state index contributed by atoms with van der Waals surface area (Å²) in [6.07, 6.45) is 2.93. The summed E-state index contributed by atoms with van der Waals surface area (Å²) in [5.74, 6) is -0.870. The average molecular weight is 669 g/mol. The van der Waals surface area contributed by atoms with E-state index in [-0.39, 0.29) is 34.6 Å². The maximum Gasteiger partial charge on any atom is 0.244 e. The summed E-state index contributed by atoms with van der Waals surface area (Å²) in [6, 6.07) is 20.3. The molecule has 0 heterocycles. The SMILES string of the molecule is CCCCNC(=O)C(Cc1ccccc1)N(Cc1ccc(Br)cc1)C(=O)CN(c1cc(Cl)ccc1Cl)S(C)(=O)=O. The first kappa shape index (κ1) is 31.9. The molecule has 11 heteroatoms. The van der Waals surface area contributed by atoms with Gasteiger partial charge in [-0.15, -0.1) is 0 Å². The van der Waals surface area contributed by atoms with E-state index in [2.05, 4.69) is 21.2 Å². The number of nitrogens with zero attached hydrogens (tertiary/aromatic N) is 2. The van der Waals surface area contributed by atoms with Crippen LogP contribution in [-0.2, 0) is 32.6 Å². The zero-order valence-electron chi connectivity index (χ0n) is 22.3. The third-order valence-electron chi connectivity index (χ3n) is 6.22. The number of carbonyl (C=O) groups is 2. The number of amides is 2. The summed E-state index contributed by atoms with van der Waals surface area (Å²) < 4.78 is 27.6. The predicted molar refractivity (Wildman–Crippen MR) is 165 cm³/mol. The number of unbranched alkanes of at least 4 members (excludes halogenated alkanes) is 1. The Bertz CT molecular complexity index is 1410. The fraction of sp³-hybridized carbons (Fsp3) is 0.310. The number of nitrogens with one attached hydrogen (secondary N) is 1. The molecule has 0 fully saturated rings. The highest BCUT2D eigenvalue weighted by molar-refractivity contribution is 9.10. The molecule has 3 aromatic rings. The smallest absolute Gasteiger partial charge is 0.244 e. The first-order chi connectivity index (χ1) is 19.0. The van der Waals surface area contributed by atoms with Gasteiger partial charge in [0.15, 0.2) is 0 Å². The normalized spacial score (nSPS) is 12.0. The van der Waals surface area contributed by atoms with Crippen LogP contribution in [0, 0.1) is 0 Å². The van der Waals surface area contributed by atoms with Gasteiger partial charge in [0.2, 0.25) is 21.8 Å². The van der Waals surface area contributed by atoms with Crippen molar-refractivity contribution < 1.29 is 18.0 Å². The zero-order chi connectivity index (χ0) is 29.3. The minimum Gasteiger partial charge on any atom is -0.354 e. The second kappa shape index (κ2) is 14.9. The minimum absolute atomic E-state index is 0.0839. The van der Waals surface area contributed by atoms with Gasteiger partial charge in [-0.1, -0.05) is 94.9 Å². The van der Waals surface area contributed by atoms with Crippen LogP contribution in [0.25, 0.3) is 0 Å². The Morgan fingerprint density at radius 1 is 0.975 bits per heavy atom. The predicted octanol–water partition coefficient (Wildman–Crippen LogP) is 6.08. The third-order valence-corrected chi connectivity index (χ3v) is 8.43. The summed E-state index contributed by atoms with van der Waals surface area (Å²) in [4.78, 5) is 29.1. The molecule has 3 aromatic carbocycles. The number of carbonyl (C=O) groups excluding carboxylic acids is 2. The van der Waals surface area contributed by atoms with Crippen molar-refractivity contribution in [2.45, 2.75) is 38.8 Å². The summed E-state index contributed by atoms with van der Waals surface area (Å²) in [5, 5.41) is 3.35. The lowest BCUT2D eigenvalue weighted by atomic mass is 10.0. The molecule has 214 valence electrons. The topological polar surface area (TPSA) is 86.8 Å². The highest BCUT2D eigenvalue weighted by Crippen LogP contribution is 2.31. The van der Waals surface area contributed by atoms with Gasteiger partial charge in [-0.05, 0) is 47.9 Å². The van der Waals surface area contributed by atoms with Gasteiger partial charge < -0.3 is 10.2 Å². The third kappa shape index (κ3) is 9.23. The molecular formula is C29H32BrCl2N3O4S. The molecule has 0 aliphatic heterocycles. The Kier molecular flexibility index (Phi) is 11.9. The van der Waals surface area contributed by atoms with Gasteiger partial charge in [0.05, 0.1) is 17.0 Å². The number of sulfonamides is 1. The lowest BCUT2D eigenvalue weighted by Crippen LogP contribution is -2.53. The van der Waals surface area contributed by atoms with Crippen LogP contribution in [0.3, 0.4) is 0 Å². The van der Waals surface area contributed by atoms with Crippen molar-refractivity contribution in [1.82, 2.24) is 10.2 Å². The Labute approximate surface area is 254 Å². The standard InChI is InChI=1S/C29H32BrCl2N3O4S/c1-3-4-16-33-29(37)27(17-21-8-6-5-7-9-21)34(19-22-10-12-23(30)13-11-22)28(36)20-35(40(2,38)39)26-18-24(31)14-15-25(26)32/h5-15,18,27H,3-4,16-17,19-20H2,1-2H3,(H,33,37). The van der Waals surface area contributed by atoms with E-state index in [1.165, 1.54) is 23.1 Å². The Morgan fingerprint density at radius 3 is 2.27 bits per heavy atom. The monoisotopic (exact) mass is 667 g/mol. The highest BCUT2D eigenvalue weighted by Gasteiger charge is 2.33. The second-order valence-electron chi connectivity index (χ2n) is 9.36. The number of rotatable bonds is 13. The van der Waals surface area contributed by atoms with E-state index < -0.39 is 28.5 Å². The number of hydrogen-bond donors (Lipinski definition) is 1. The molecule has 7 nitrogen and oxygen atoms in total. The van der Waals surface area contributed by atoms with Gasteiger partial charge in [0, 0.05) is 29.0 Å². The number of hydrogen-bond acceptors (Lipinski definition) is 4. The van der Waals surface area contributed by atoms with Crippen LogP contribution < -0.4 is 9.62 Å². The molecule has 40 heavy (non-hydrogen) atoms. The maximum absolute atomic E-state index is 14.1. The molecule has 0 aromatic heterocycles. The van der Waals surface area contributed by atoms with Crippen molar-refractivity contribution in [3.8, 4) is 0 Å². The van der Waals surface area contributed by atoms with Gasteiger partial charge in [-0.25, -0.2) is 8.42 Å². The van der Waals surface area contributed by atoms with Gasteiger partial charge in [-0.3, -0.25) is 13.9 Å². The molecule has 0 spiro atoms. The summed E-state index contributed by atoms with van der Waals surface area (Å²) in [7, 11) is -3.95. The maximum atomic E-state index is 14.1. The van der Waals surface area contributed by atoms with Crippen LogP contribution in [-0.4, -0.2) is 50.5 Å².